The Bertz CT molecular complexity index is 859. The molecule has 0 spiro atoms. The molecule has 0 saturated carbocycles. The van der Waals surface area contributed by atoms with Crippen LogP contribution >= 0.6 is 0 Å². The molecule has 4 N–H and O–H groups in total. The standard InChI is InChI=1S/C20H25N7O2.Tc/c1-14(15-6-5-10-23-12-15)24-11-4-3-7-17(20(29)22-2)26-19(28)16-8-9-18(27-21)25-13-16;/h5-6,8-10,12-13,17,24H,1,3-4,7,11H2,2H3,(H,22,29)(H,25,27)(H,26,28);. The van der Waals surface area contributed by atoms with Crippen LogP contribution in [0.15, 0.2) is 53.2 Å². The molecular weight excluding hydrogens is 468 g/mol. The Morgan fingerprint density at radius 3 is 2.67 bits per heavy atom. The summed E-state index contributed by atoms with van der Waals surface area (Å²) in [6, 6.07) is 6.45. The van der Waals surface area contributed by atoms with Crippen LogP contribution in [-0.2, 0) is 23.5 Å². The number of nitrogens with zero attached hydrogens (tertiary/aromatic N) is 3. The van der Waals surface area contributed by atoms with Crippen LogP contribution in [0.5, 0.6) is 0 Å². The molecule has 0 aromatic carbocycles. The van der Waals surface area contributed by atoms with Gasteiger partial charge >= 0.3 is 127 Å². The average molecular weight is 493 g/mol. The fraction of sp³-hybridized carbons (Fsp3) is 0.300. The van der Waals surface area contributed by atoms with Crippen LogP contribution in [0.2, 0.25) is 0 Å². The Labute approximate surface area is 186 Å². The molecule has 1 unspecified atom stereocenters. The van der Waals surface area contributed by atoms with Gasteiger partial charge < -0.3 is 5.32 Å². The smallest absolute Gasteiger partial charge is 0.264 e. The number of nitrogens with one attached hydrogen (secondary N) is 4. The molecule has 2 aromatic rings. The number of anilines is 1. The van der Waals surface area contributed by atoms with Crippen molar-refractivity contribution < 1.29 is 28.3 Å². The van der Waals surface area contributed by atoms with Gasteiger partial charge in [-0.15, -0.1) is 0 Å². The molecule has 0 saturated heterocycles. The number of hydrogen-bond acceptors (Lipinski definition) is 7. The van der Waals surface area contributed by atoms with Gasteiger partial charge in [0.1, 0.15) is 0 Å². The number of aromatic nitrogens is 2. The predicted octanol–water partition coefficient (Wildman–Crippen LogP) is 1.81. The Balaban J connectivity index is 1.81. The fourth-order valence-corrected chi connectivity index (χ4v) is 2.89. The molecule has 0 bridgehead atoms. The van der Waals surface area contributed by atoms with E-state index in [0.29, 0.717) is 24.3 Å². The Hall–Kier alpha value is -2.97. The normalized spacial score (nSPS) is 11.1. The minimum atomic E-state index is -0.619. The van der Waals surface area contributed by atoms with E-state index in [0.717, 1.165) is 24.1 Å². The first-order valence-corrected chi connectivity index (χ1v) is 10.3. The van der Waals surface area contributed by atoms with Gasteiger partial charge in [0.05, 0.1) is 0 Å². The Morgan fingerprint density at radius 1 is 1.20 bits per heavy atom. The van der Waals surface area contributed by atoms with Crippen LogP contribution in [0.4, 0.5) is 5.82 Å². The number of carbonyl (C=O) groups excluding carboxylic acids is 2. The predicted molar refractivity (Wildman–Crippen MR) is 111 cm³/mol. The van der Waals surface area contributed by atoms with E-state index in [1.54, 1.807) is 50.3 Å². The van der Waals surface area contributed by atoms with E-state index >= 15 is 0 Å². The van der Waals surface area contributed by atoms with Crippen LogP contribution in [-0.4, -0.2) is 41.4 Å². The maximum atomic E-state index is 12.5. The minimum absolute atomic E-state index is 0.231. The van der Waals surface area contributed by atoms with Crippen LogP contribution in [0.25, 0.3) is 5.70 Å². The quantitative estimate of drug-likeness (QED) is 0.265. The molecule has 9 nitrogen and oxygen atoms in total. The molecule has 1 atom stereocenters. The molecule has 0 aliphatic rings. The number of likely N-dealkylation sites (N-methyl/N-ethyl adjacent to an activating group) is 1. The van der Waals surface area contributed by atoms with Gasteiger partial charge in [0.2, 0.25) is 0 Å². The number of carbonyl (C=O) groups is 2. The Morgan fingerprint density at radius 2 is 2.03 bits per heavy atom. The number of rotatable bonds is 12. The molecule has 30 heavy (non-hydrogen) atoms. The molecule has 0 radical (unpaired) electrons. The maximum absolute atomic E-state index is 12.5. The van der Waals surface area contributed by atoms with Gasteiger partial charge in [-0.2, -0.15) is 0 Å². The van der Waals surface area contributed by atoms with Crippen LogP contribution in [0.3, 0.4) is 0 Å². The summed E-state index contributed by atoms with van der Waals surface area (Å²) in [5.74, 6) is -0.0487. The summed E-state index contributed by atoms with van der Waals surface area (Å²) < 4.78 is 3.73. The van der Waals surface area contributed by atoms with Gasteiger partial charge in [-0.1, -0.05) is 6.58 Å². The van der Waals surface area contributed by atoms with E-state index in [1.165, 1.54) is 6.20 Å². The summed E-state index contributed by atoms with van der Waals surface area (Å²) >= 11 is 1.80. The monoisotopic (exact) mass is 492 g/mol. The number of unbranched alkanes of at least 4 members (excludes halogenated alkanes) is 1. The molecule has 0 aliphatic heterocycles. The van der Waals surface area contributed by atoms with Gasteiger partial charge in [-0.25, -0.2) is 0 Å². The number of hydrogen-bond donors (Lipinski definition) is 4. The van der Waals surface area contributed by atoms with Gasteiger partial charge in [-0.05, 0) is 12.1 Å². The minimum Gasteiger partial charge on any atom is -0.264 e. The third kappa shape index (κ3) is 7.46. The number of pyridine rings is 2. The molecular formula is C20H25N7O2Tc. The first-order chi connectivity index (χ1) is 14.5. The summed E-state index contributed by atoms with van der Waals surface area (Å²) in [6.45, 7) is 4.71. The fourth-order valence-electron chi connectivity index (χ4n) is 2.68. The van der Waals surface area contributed by atoms with E-state index < -0.39 is 6.04 Å². The van der Waals surface area contributed by atoms with E-state index in [-0.39, 0.29) is 11.8 Å². The second kappa shape index (κ2) is 12.6. The van der Waals surface area contributed by atoms with Crippen molar-refractivity contribution in [1.29, 1.82) is 0 Å². The van der Waals surface area contributed by atoms with Crippen molar-refractivity contribution in [1.82, 2.24) is 25.9 Å². The van der Waals surface area contributed by atoms with Gasteiger partial charge in [0.15, 0.2) is 0 Å². The van der Waals surface area contributed by atoms with Crippen LogP contribution in [0.1, 0.15) is 35.2 Å². The molecule has 2 heterocycles. The first kappa shape index (κ1) is 23.3. The molecule has 2 aromatic heterocycles. The first-order valence-electron chi connectivity index (χ1n) is 9.44. The topological polar surface area (TPSA) is 120 Å². The van der Waals surface area contributed by atoms with Crippen molar-refractivity contribution in [3.63, 3.8) is 0 Å². The summed E-state index contributed by atoms with van der Waals surface area (Å²) in [5.41, 5.74) is 4.81. The van der Waals surface area contributed by atoms with Crippen molar-refractivity contribution in [2.45, 2.75) is 25.3 Å². The molecule has 2 amide bonds. The van der Waals surface area contributed by atoms with Crippen molar-refractivity contribution in [2.24, 2.45) is 3.72 Å². The molecule has 2 rings (SSSR count). The van der Waals surface area contributed by atoms with Crippen LogP contribution < -0.4 is 21.4 Å². The van der Waals surface area contributed by atoms with Crippen molar-refractivity contribution in [2.75, 3.05) is 19.0 Å². The van der Waals surface area contributed by atoms with Crippen molar-refractivity contribution in [3.8, 4) is 0 Å². The second-order valence-electron chi connectivity index (χ2n) is 6.41. The summed E-state index contributed by atoms with van der Waals surface area (Å²) in [5, 5.41) is 8.63. The van der Waals surface area contributed by atoms with Crippen molar-refractivity contribution in [3.05, 3.63) is 60.6 Å². The molecule has 0 fully saturated rings. The summed E-state index contributed by atoms with van der Waals surface area (Å²) in [4.78, 5) is 32.8. The summed E-state index contributed by atoms with van der Waals surface area (Å²) in [7, 11) is 1.55. The Kier molecular flexibility index (Phi) is 9.76. The van der Waals surface area contributed by atoms with Crippen LogP contribution in [0, 0.1) is 0 Å². The molecule has 0 aliphatic carbocycles. The van der Waals surface area contributed by atoms with Gasteiger partial charge in [0.25, 0.3) is 0 Å². The summed E-state index contributed by atoms with van der Waals surface area (Å²) in [6.07, 6.45) is 7.00. The van der Waals surface area contributed by atoms with Gasteiger partial charge in [-0.3, -0.25) is 4.98 Å². The SMILES string of the molecule is C=C(NCCCCC(NC(=O)c1ccc(N[N]=[Tc])nc1)C(=O)NC)c1cccnc1. The van der Waals surface area contributed by atoms with Crippen molar-refractivity contribution >= 4 is 23.3 Å². The zero-order valence-electron chi connectivity index (χ0n) is 16.7. The zero-order valence-corrected chi connectivity index (χ0v) is 18.5. The number of amides is 2. The molecule has 10 heteroatoms. The zero-order chi connectivity index (χ0) is 21.8. The molecule has 159 valence electrons. The van der Waals surface area contributed by atoms with E-state index in [4.69, 9.17) is 0 Å². The van der Waals surface area contributed by atoms with E-state index in [1.807, 2.05) is 12.1 Å². The third-order valence-corrected chi connectivity index (χ3v) is 4.53. The van der Waals surface area contributed by atoms with E-state index in [2.05, 4.69) is 41.6 Å². The second-order valence-corrected chi connectivity index (χ2v) is 6.83. The van der Waals surface area contributed by atoms with E-state index in [9.17, 15) is 9.59 Å². The third-order valence-electron chi connectivity index (χ3n) is 4.32. The van der Waals surface area contributed by atoms with Gasteiger partial charge in [0, 0.05) is 30.2 Å². The average Bonchev–Trinajstić information content (AvgIpc) is 2.78.